The first-order valence-electron chi connectivity index (χ1n) is 4.53. The highest BCUT2D eigenvalue weighted by Gasteiger charge is 2.16. The molecule has 5 nitrogen and oxygen atoms in total. The molecule has 0 saturated carbocycles. The third kappa shape index (κ3) is 1.42. The molecule has 0 unspecified atom stereocenters. The van der Waals surface area contributed by atoms with Gasteiger partial charge in [0.25, 0.3) is 0 Å². The van der Waals surface area contributed by atoms with Gasteiger partial charge in [0, 0.05) is 11.6 Å². The van der Waals surface area contributed by atoms with Crippen molar-refractivity contribution >= 4 is 16.9 Å². The Kier molecular flexibility index (Phi) is 2.36. The number of methoxy groups -OCH3 is 1. The SMILES string of the molecule is COC(=O)c1cc(O)c(O)c2ncccc12. The van der Waals surface area contributed by atoms with Crippen LogP contribution in [0.3, 0.4) is 0 Å². The molecular formula is C11H9NO4. The molecule has 0 aliphatic heterocycles. The first-order valence-corrected chi connectivity index (χ1v) is 4.53. The Hall–Kier alpha value is -2.30. The first kappa shape index (κ1) is 10.2. The number of benzene rings is 1. The number of rotatable bonds is 1. The summed E-state index contributed by atoms with van der Waals surface area (Å²) in [6, 6.07) is 4.41. The molecular weight excluding hydrogens is 210 g/mol. The van der Waals surface area contributed by atoms with Gasteiger partial charge in [-0.3, -0.25) is 4.98 Å². The number of hydrogen-bond donors (Lipinski definition) is 2. The van der Waals surface area contributed by atoms with E-state index in [4.69, 9.17) is 0 Å². The molecule has 0 saturated heterocycles. The number of ether oxygens (including phenoxy) is 1. The average Bonchev–Trinajstić information content (AvgIpc) is 2.33. The van der Waals surface area contributed by atoms with Crippen molar-refractivity contribution in [3.05, 3.63) is 30.0 Å². The molecule has 0 aliphatic rings. The minimum absolute atomic E-state index is 0.168. The summed E-state index contributed by atoms with van der Waals surface area (Å²) in [6.45, 7) is 0. The van der Waals surface area contributed by atoms with Gasteiger partial charge >= 0.3 is 5.97 Å². The molecule has 0 fully saturated rings. The van der Waals surface area contributed by atoms with E-state index >= 15 is 0 Å². The standard InChI is InChI=1S/C11H9NO4/c1-16-11(15)7-5-8(13)10(14)9-6(7)3-2-4-12-9/h2-5,13-14H,1H3. The molecule has 82 valence electrons. The molecule has 0 spiro atoms. The fraction of sp³-hybridized carbons (Fsp3) is 0.0909. The summed E-state index contributed by atoms with van der Waals surface area (Å²) in [7, 11) is 1.24. The predicted molar refractivity (Wildman–Crippen MR) is 56.4 cm³/mol. The minimum Gasteiger partial charge on any atom is -0.504 e. The predicted octanol–water partition coefficient (Wildman–Crippen LogP) is 1.43. The molecule has 0 radical (unpaired) electrons. The van der Waals surface area contributed by atoms with Gasteiger partial charge < -0.3 is 14.9 Å². The minimum atomic E-state index is -0.590. The maximum atomic E-state index is 11.4. The molecule has 0 amide bonds. The number of aromatic nitrogens is 1. The van der Waals surface area contributed by atoms with Crippen LogP contribution >= 0.6 is 0 Å². The fourth-order valence-corrected chi connectivity index (χ4v) is 1.49. The van der Waals surface area contributed by atoms with Crippen LogP contribution in [0.25, 0.3) is 10.9 Å². The molecule has 0 bridgehead atoms. The zero-order valence-electron chi connectivity index (χ0n) is 8.47. The van der Waals surface area contributed by atoms with Crippen LogP contribution in [0.15, 0.2) is 24.4 Å². The number of phenolic OH excluding ortho intramolecular Hbond substituents is 2. The van der Waals surface area contributed by atoms with Gasteiger partial charge in [0.1, 0.15) is 5.52 Å². The molecule has 0 atom stereocenters. The van der Waals surface area contributed by atoms with E-state index in [2.05, 4.69) is 9.72 Å². The van der Waals surface area contributed by atoms with Gasteiger partial charge in [0.2, 0.25) is 0 Å². The number of hydrogen-bond acceptors (Lipinski definition) is 5. The summed E-state index contributed by atoms with van der Waals surface area (Å²) in [5.74, 6) is -1.33. The number of carbonyl (C=O) groups is 1. The second-order valence-electron chi connectivity index (χ2n) is 3.18. The van der Waals surface area contributed by atoms with E-state index in [1.807, 2.05) is 0 Å². The molecule has 2 rings (SSSR count). The van der Waals surface area contributed by atoms with E-state index in [9.17, 15) is 15.0 Å². The number of fused-ring (bicyclic) bond motifs is 1. The first-order chi connectivity index (χ1) is 7.65. The summed E-state index contributed by atoms with van der Waals surface area (Å²) in [5, 5.41) is 19.5. The largest absolute Gasteiger partial charge is 0.504 e. The highest BCUT2D eigenvalue weighted by atomic mass is 16.5. The van der Waals surface area contributed by atoms with Crippen molar-refractivity contribution in [2.45, 2.75) is 0 Å². The van der Waals surface area contributed by atoms with E-state index in [-0.39, 0.29) is 16.8 Å². The van der Waals surface area contributed by atoms with Crippen LogP contribution < -0.4 is 0 Å². The lowest BCUT2D eigenvalue weighted by Crippen LogP contribution is -2.02. The van der Waals surface area contributed by atoms with Crippen LogP contribution in [0.5, 0.6) is 11.5 Å². The Bertz CT molecular complexity index is 565. The van der Waals surface area contributed by atoms with Crippen LogP contribution in [-0.4, -0.2) is 28.3 Å². The molecule has 16 heavy (non-hydrogen) atoms. The third-order valence-electron chi connectivity index (χ3n) is 2.25. The third-order valence-corrected chi connectivity index (χ3v) is 2.25. The second kappa shape index (κ2) is 3.69. The van der Waals surface area contributed by atoms with Crippen LogP contribution in [0, 0.1) is 0 Å². The number of phenols is 2. The summed E-state index contributed by atoms with van der Waals surface area (Å²) >= 11 is 0. The normalized spacial score (nSPS) is 10.3. The van der Waals surface area contributed by atoms with Crippen molar-refractivity contribution in [3.63, 3.8) is 0 Å². The number of pyridine rings is 1. The molecule has 1 heterocycles. The Morgan fingerprint density at radius 3 is 2.88 bits per heavy atom. The smallest absolute Gasteiger partial charge is 0.338 e. The molecule has 1 aromatic heterocycles. The van der Waals surface area contributed by atoms with Gasteiger partial charge in [-0.15, -0.1) is 0 Å². The van der Waals surface area contributed by atoms with E-state index in [1.165, 1.54) is 13.3 Å². The zero-order valence-corrected chi connectivity index (χ0v) is 8.47. The fourth-order valence-electron chi connectivity index (χ4n) is 1.49. The van der Waals surface area contributed by atoms with Gasteiger partial charge in [-0.25, -0.2) is 4.79 Å². The van der Waals surface area contributed by atoms with E-state index in [1.54, 1.807) is 12.1 Å². The average molecular weight is 219 g/mol. The molecule has 2 N–H and O–H groups in total. The molecule has 5 heteroatoms. The number of aromatic hydroxyl groups is 2. The van der Waals surface area contributed by atoms with Crippen LogP contribution in [0.2, 0.25) is 0 Å². The van der Waals surface area contributed by atoms with E-state index < -0.39 is 11.7 Å². The Morgan fingerprint density at radius 2 is 2.19 bits per heavy atom. The Morgan fingerprint density at radius 1 is 1.44 bits per heavy atom. The van der Waals surface area contributed by atoms with Crippen molar-refractivity contribution in [1.29, 1.82) is 0 Å². The summed E-state index contributed by atoms with van der Waals surface area (Å²) in [5.41, 5.74) is 0.337. The quantitative estimate of drug-likeness (QED) is 0.560. The summed E-state index contributed by atoms with van der Waals surface area (Å²) in [4.78, 5) is 15.3. The lowest BCUT2D eigenvalue weighted by molar-refractivity contribution is 0.0602. The molecule has 2 aromatic rings. The topological polar surface area (TPSA) is 79.7 Å². The maximum absolute atomic E-state index is 11.4. The molecule has 1 aromatic carbocycles. The number of nitrogens with zero attached hydrogens (tertiary/aromatic N) is 1. The van der Waals surface area contributed by atoms with Crippen molar-refractivity contribution in [3.8, 4) is 11.5 Å². The number of esters is 1. The van der Waals surface area contributed by atoms with Crippen molar-refractivity contribution in [2.24, 2.45) is 0 Å². The van der Waals surface area contributed by atoms with Crippen LogP contribution in [0.1, 0.15) is 10.4 Å². The summed E-state index contributed by atoms with van der Waals surface area (Å²) < 4.78 is 4.58. The Balaban J connectivity index is 2.85. The zero-order chi connectivity index (χ0) is 11.7. The van der Waals surface area contributed by atoms with Crippen LogP contribution in [0.4, 0.5) is 0 Å². The van der Waals surface area contributed by atoms with Crippen molar-refractivity contribution in [1.82, 2.24) is 4.98 Å². The maximum Gasteiger partial charge on any atom is 0.338 e. The highest BCUT2D eigenvalue weighted by Crippen LogP contribution is 2.34. The van der Waals surface area contributed by atoms with Gasteiger partial charge in [-0.1, -0.05) is 6.07 Å². The van der Waals surface area contributed by atoms with E-state index in [0.29, 0.717) is 5.39 Å². The van der Waals surface area contributed by atoms with Crippen molar-refractivity contribution < 1.29 is 19.7 Å². The van der Waals surface area contributed by atoms with E-state index in [0.717, 1.165) is 6.07 Å². The monoisotopic (exact) mass is 219 g/mol. The van der Waals surface area contributed by atoms with Gasteiger partial charge in [-0.2, -0.15) is 0 Å². The van der Waals surface area contributed by atoms with Crippen molar-refractivity contribution in [2.75, 3.05) is 7.11 Å². The van der Waals surface area contributed by atoms with Gasteiger partial charge in [-0.05, 0) is 12.1 Å². The molecule has 0 aliphatic carbocycles. The lowest BCUT2D eigenvalue weighted by Gasteiger charge is -2.07. The number of carbonyl (C=O) groups excluding carboxylic acids is 1. The van der Waals surface area contributed by atoms with Gasteiger partial charge in [0.15, 0.2) is 11.5 Å². The van der Waals surface area contributed by atoms with Gasteiger partial charge in [0.05, 0.1) is 12.7 Å². The van der Waals surface area contributed by atoms with Crippen LogP contribution in [-0.2, 0) is 4.74 Å². The second-order valence-corrected chi connectivity index (χ2v) is 3.18. The summed E-state index contributed by atoms with van der Waals surface area (Å²) in [6.07, 6.45) is 1.46. The Labute approximate surface area is 90.9 Å². The highest BCUT2D eigenvalue weighted by molar-refractivity contribution is 6.06. The lowest BCUT2D eigenvalue weighted by atomic mass is 10.1.